The van der Waals surface area contributed by atoms with E-state index in [9.17, 15) is 14.0 Å². The zero-order valence-electron chi connectivity index (χ0n) is 19.9. The number of fused-ring (bicyclic) bond motifs is 1. The topological polar surface area (TPSA) is 67.9 Å². The van der Waals surface area contributed by atoms with Crippen LogP contribution in [0, 0.1) is 5.82 Å². The smallest absolute Gasteiger partial charge is 0.255 e. The van der Waals surface area contributed by atoms with E-state index in [0.717, 1.165) is 11.1 Å². The van der Waals surface area contributed by atoms with Crippen molar-refractivity contribution in [2.45, 2.75) is 24.9 Å². The van der Waals surface area contributed by atoms with E-state index >= 15 is 0 Å². The lowest BCUT2D eigenvalue weighted by atomic mass is 9.79. The van der Waals surface area contributed by atoms with Crippen molar-refractivity contribution in [1.29, 1.82) is 0 Å². The maximum atomic E-state index is 13.7. The molecule has 0 saturated carbocycles. The lowest BCUT2D eigenvalue weighted by Gasteiger charge is -2.42. The van der Waals surface area contributed by atoms with Gasteiger partial charge in [-0.25, -0.2) is 4.39 Å². The van der Waals surface area contributed by atoms with Gasteiger partial charge in [-0.2, -0.15) is 0 Å². The molecule has 0 radical (unpaired) electrons. The quantitative estimate of drug-likeness (QED) is 0.463. The predicted molar refractivity (Wildman–Crippen MR) is 131 cm³/mol. The van der Waals surface area contributed by atoms with Crippen molar-refractivity contribution in [2.24, 2.45) is 0 Å². The van der Waals surface area contributed by atoms with Gasteiger partial charge < -0.3 is 19.7 Å². The summed E-state index contributed by atoms with van der Waals surface area (Å²) in [6, 6.07) is 20.2. The van der Waals surface area contributed by atoms with Gasteiger partial charge in [-0.05, 0) is 53.4 Å². The van der Waals surface area contributed by atoms with Crippen LogP contribution >= 0.6 is 0 Å². The number of hydrogen-bond donors (Lipinski definition) is 1. The van der Waals surface area contributed by atoms with Crippen LogP contribution in [0.1, 0.15) is 45.4 Å². The molecule has 2 atom stereocenters. The number of nitrogens with one attached hydrogen (secondary N) is 1. The Hall–Kier alpha value is -3.71. The molecule has 6 nitrogen and oxygen atoms in total. The average molecular weight is 477 g/mol. The normalized spacial score (nSPS) is 17.1. The van der Waals surface area contributed by atoms with Crippen LogP contribution in [0.15, 0.2) is 72.8 Å². The van der Waals surface area contributed by atoms with Crippen molar-refractivity contribution in [1.82, 2.24) is 10.2 Å². The van der Waals surface area contributed by atoms with E-state index in [2.05, 4.69) is 5.32 Å². The number of benzene rings is 3. The first kappa shape index (κ1) is 24.4. The molecular weight excluding hydrogens is 447 g/mol. The Balaban J connectivity index is 1.79. The molecule has 7 heteroatoms. The highest BCUT2D eigenvalue weighted by atomic mass is 19.1. The van der Waals surface area contributed by atoms with Crippen LogP contribution in [0.25, 0.3) is 0 Å². The molecule has 2 amide bonds. The van der Waals surface area contributed by atoms with Crippen molar-refractivity contribution < 1.29 is 23.5 Å². The van der Waals surface area contributed by atoms with Gasteiger partial charge in [0.15, 0.2) is 0 Å². The minimum atomic E-state index is -0.625. The Bertz CT molecular complexity index is 1160. The third-order valence-electron chi connectivity index (χ3n) is 6.27. The molecule has 3 aromatic rings. The van der Waals surface area contributed by atoms with Crippen LogP contribution in [0.5, 0.6) is 5.75 Å². The number of methoxy groups -OCH3 is 2. The number of amides is 2. The number of carbonyl (C=O) groups excluding carboxylic acids is 2. The van der Waals surface area contributed by atoms with Crippen LogP contribution in [0.3, 0.4) is 0 Å². The van der Waals surface area contributed by atoms with E-state index in [1.807, 2.05) is 36.4 Å². The second kappa shape index (κ2) is 11.1. The molecule has 0 aliphatic carbocycles. The van der Waals surface area contributed by atoms with Gasteiger partial charge in [0.2, 0.25) is 5.91 Å². The molecule has 4 rings (SSSR count). The van der Waals surface area contributed by atoms with Gasteiger partial charge >= 0.3 is 0 Å². The van der Waals surface area contributed by atoms with Crippen molar-refractivity contribution in [3.05, 3.63) is 101 Å². The molecule has 0 bridgehead atoms. The van der Waals surface area contributed by atoms with Crippen molar-refractivity contribution in [3.8, 4) is 5.75 Å². The average Bonchev–Trinajstić information content (AvgIpc) is 2.89. The predicted octanol–water partition coefficient (Wildman–Crippen LogP) is 4.47. The molecule has 1 aliphatic heterocycles. The van der Waals surface area contributed by atoms with Gasteiger partial charge in [0.25, 0.3) is 5.91 Å². The summed E-state index contributed by atoms with van der Waals surface area (Å²) in [6.07, 6.45) is 0.683. The van der Waals surface area contributed by atoms with E-state index in [0.29, 0.717) is 36.4 Å². The summed E-state index contributed by atoms with van der Waals surface area (Å²) in [5.41, 5.74) is 2.78. The number of halogens is 1. The van der Waals surface area contributed by atoms with Gasteiger partial charge in [-0.1, -0.05) is 42.5 Å². The molecule has 182 valence electrons. The Morgan fingerprint density at radius 2 is 1.71 bits per heavy atom. The first-order valence-corrected chi connectivity index (χ1v) is 11.6. The van der Waals surface area contributed by atoms with Crippen LogP contribution in [0.2, 0.25) is 0 Å². The van der Waals surface area contributed by atoms with Gasteiger partial charge in [0, 0.05) is 32.4 Å². The SMILES string of the molecule is COCCCNC(=O)[C@H]1c2ccccc2C(=O)N(Cc2ccc(F)cc2)[C@@H]1c1ccc(OC)cc1. The molecule has 1 N–H and O–H groups in total. The highest BCUT2D eigenvalue weighted by Crippen LogP contribution is 2.44. The fraction of sp³-hybridized carbons (Fsp3) is 0.286. The largest absolute Gasteiger partial charge is 0.497 e. The van der Waals surface area contributed by atoms with E-state index in [1.165, 1.54) is 12.1 Å². The number of nitrogens with zero attached hydrogens (tertiary/aromatic N) is 1. The Labute approximate surface area is 204 Å². The lowest BCUT2D eigenvalue weighted by Crippen LogP contribution is -2.47. The lowest BCUT2D eigenvalue weighted by molar-refractivity contribution is -0.124. The number of ether oxygens (including phenoxy) is 2. The molecule has 0 saturated heterocycles. The fourth-order valence-corrected chi connectivity index (χ4v) is 4.55. The molecule has 0 unspecified atom stereocenters. The fourth-order valence-electron chi connectivity index (χ4n) is 4.55. The third kappa shape index (κ3) is 5.35. The van der Waals surface area contributed by atoms with E-state index in [4.69, 9.17) is 9.47 Å². The monoisotopic (exact) mass is 476 g/mol. The number of rotatable bonds is 9. The summed E-state index contributed by atoms with van der Waals surface area (Å²) in [5.74, 6) is -0.619. The third-order valence-corrected chi connectivity index (χ3v) is 6.27. The second-order valence-corrected chi connectivity index (χ2v) is 8.48. The Morgan fingerprint density at radius 3 is 2.40 bits per heavy atom. The zero-order valence-corrected chi connectivity index (χ0v) is 19.9. The maximum Gasteiger partial charge on any atom is 0.255 e. The minimum Gasteiger partial charge on any atom is -0.497 e. The summed E-state index contributed by atoms with van der Waals surface area (Å²) in [5, 5.41) is 3.03. The van der Waals surface area contributed by atoms with Gasteiger partial charge in [-0.3, -0.25) is 9.59 Å². The molecule has 35 heavy (non-hydrogen) atoms. The van der Waals surface area contributed by atoms with Crippen molar-refractivity contribution in [3.63, 3.8) is 0 Å². The van der Waals surface area contributed by atoms with Crippen LogP contribution in [-0.4, -0.2) is 44.1 Å². The summed E-state index contributed by atoms with van der Waals surface area (Å²) >= 11 is 0. The van der Waals surface area contributed by atoms with Gasteiger partial charge in [0.05, 0.1) is 19.1 Å². The van der Waals surface area contributed by atoms with Crippen molar-refractivity contribution in [2.75, 3.05) is 27.4 Å². The Morgan fingerprint density at radius 1 is 1.00 bits per heavy atom. The first-order valence-electron chi connectivity index (χ1n) is 11.6. The van der Waals surface area contributed by atoms with E-state index in [1.54, 1.807) is 43.4 Å². The molecule has 0 spiro atoms. The molecular formula is C28H29FN2O4. The van der Waals surface area contributed by atoms with Gasteiger partial charge in [0.1, 0.15) is 11.6 Å². The molecule has 0 aromatic heterocycles. The van der Waals surface area contributed by atoms with Crippen LogP contribution < -0.4 is 10.1 Å². The zero-order chi connectivity index (χ0) is 24.8. The highest BCUT2D eigenvalue weighted by molar-refractivity contribution is 6.01. The summed E-state index contributed by atoms with van der Waals surface area (Å²) < 4.78 is 24.0. The minimum absolute atomic E-state index is 0.161. The number of hydrogen-bond acceptors (Lipinski definition) is 4. The summed E-state index contributed by atoms with van der Waals surface area (Å²) in [6.45, 7) is 1.24. The summed E-state index contributed by atoms with van der Waals surface area (Å²) in [7, 11) is 3.21. The second-order valence-electron chi connectivity index (χ2n) is 8.48. The molecule has 1 heterocycles. The Kier molecular flexibility index (Phi) is 7.77. The van der Waals surface area contributed by atoms with Crippen molar-refractivity contribution >= 4 is 11.8 Å². The molecule has 3 aromatic carbocycles. The summed E-state index contributed by atoms with van der Waals surface area (Å²) in [4.78, 5) is 29.1. The van der Waals surface area contributed by atoms with Gasteiger partial charge in [-0.15, -0.1) is 0 Å². The standard InChI is InChI=1S/C28H29FN2O4/c1-34-17-5-16-30-27(32)25-23-6-3-4-7-24(23)28(33)31(18-19-8-12-21(29)13-9-19)26(25)20-10-14-22(35-2)15-11-20/h3-4,6-15,25-26H,5,16-18H2,1-2H3,(H,30,32)/t25-,26+/m0/s1. The maximum absolute atomic E-state index is 13.7. The highest BCUT2D eigenvalue weighted by Gasteiger charge is 2.44. The van der Waals surface area contributed by atoms with Crippen LogP contribution in [-0.2, 0) is 16.1 Å². The molecule has 0 fully saturated rings. The van der Waals surface area contributed by atoms with Crippen LogP contribution in [0.4, 0.5) is 4.39 Å². The molecule has 1 aliphatic rings. The van der Waals surface area contributed by atoms with E-state index < -0.39 is 12.0 Å². The van der Waals surface area contributed by atoms with E-state index in [-0.39, 0.29) is 24.2 Å². The first-order chi connectivity index (χ1) is 17.0. The number of carbonyl (C=O) groups is 2.